The van der Waals surface area contributed by atoms with Gasteiger partial charge in [-0.15, -0.1) is 32.9 Å². The van der Waals surface area contributed by atoms with Crippen LogP contribution in [0.25, 0.3) is 0 Å². The van der Waals surface area contributed by atoms with Crippen LogP contribution in [0.2, 0.25) is 45.8 Å². The van der Waals surface area contributed by atoms with E-state index in [4.69, 9.17) is 16.5 Å². The Balaban J connectivity index is 0.000000508. The van der Waals surface area contributed by atoms with Crippen LogP contribution in [0.15, 0.2) is 61.4 Å². The Hall–Kier alpha value is -0.376. The van der Waals surface area contributed by atoms with E-state index in [2.05, 4.69) is 59.1 Å². The molecule has 1 aliphatic rings. The maximum Gasteiger partial charge on any atom is 0.344 e. The van der Waals surface area contributed by atoms with E-state index < -0.39 is 42.3 Å². The van der Waals surface area contributed by atoms with Gasteiger partial charge in [0.05, 0.1) is 0 Å². The third kappa shape index (κ3) is 8.11. The van der Waals surface area contributed by atoms with E-state index in [1.807, 2.05) is 31.0 Å². The zero-order valence-corrected chi connectivity index (χ0v) is 22.6. The van der Waals surface area contributed by atoms with Gasteiger partial charge in [0.15, 0.2) is 8.32 Å². The first-order valence-electron chi connectivity index (χ1n) is 8.62. The zero-order valence-electron chi connectivity index (χ0n) is 17.6. The molecule has 1 fully saturated rings. The number of hydrogen-bond donors (Lipinski definition) is 0. The summed E-state index contributed by atoms with van der Waals surface area (Å²) in [5.41, 5.74) is 9.23. The van der Waals surface area contributed by atoms with Gasteiger partial charge in [-0.1, -0.05) is 28.5 Å². The van der Waals surface area contributed by atoms with Crippen molar-refractivity contribution in [1.82, 2.24) is 0 Å². The van der Waals surface area contributed by atoms with E-state index in [-0.39, 0.29) is 0 Å². The van der Waals surface area contributed by atoms with Gasteiger partial charge in [-0.25, -0.2) is 0 Å². The number of rotatable bonds is 7. The molecule has 0 spiro atoms. The van der Waals surface area contributed by atoms with E-state index in [0.717, 1.165) is 0 Å². The molecule has 0 N–H and O–H groups in total. The van der Waals surface area contributed by atoms with Crippen molar-refractivity contribution < 1.29 is 16.5 Å². The van der Waals surface area contributed by atoms with Gasteiger partial charge in [0, 0.05) is 0 Å². The molecule has 1 heterocycles. The lowest BCUT2D eigenvalue weighted by Gasteiger charge is -2.46. The molecule has 0 aliphatic carbocycles. The summed E-state index contributed by atoms with van der Waals surface area (Å²) in [5, 5.41) is 0. The van der Waals surface area contributed by atoms with Crippen LogP contribution >= 0.6 is 0 Å². The van der Waals surface area contributed by atoms with Gasteiger partial charge in [-0.05, 0) is 45.8 Å². The van der Waals surface area contributed by atoms with Gasteiger partial charge < -0.3 is 16.5 Å². The van der Waals surface area contributed by atoms with Crippen LogP contribution in [0.3, 0.4) is 0 Å². The van der Waals surface area contributed by atoms with E-state index in [9.17, 15) is 0 Å². The van der Waals surface area contributed by atoms with E-state index in [0.29, 0.717) is 0 Å². The van der Waals surface area contributed by atoms with Crippen molar-refractivity contribution in [3.05, 3.63) is 61.4 Å². The minimum Gasteiger partial charge on any atom is -0.450 e. The predicted octanol–water partition coefficient (Wildman–Crippen LogP) is 5.31. The molecule has 0 atom stereocenters. The Bertz CT molecular complexity index is 494. The van der Waals surface area contributed by atoms with Crippen LogP contribution in [-0.2, 0) is 16.5 Å². The quantitative estimate of drug-likeness (QED) is 0.499. The normalized spacial score (nSPS) is 31.8. The van der Waals surface area contributed by atoms with Crippen molar-refractivity contribution in [2.45, 2.75) is 45.8 Å². The molecular weight excluding hydrogens is 409 g/mol. The highest BCUT2D eigenvalue weighted by Gasteiger charge is 2.53. The molecule has 9 heteroatoms. The second-order valence-corrected chi connectivity index (χ2v) is 25.8. The highest BCUT2D eigenvalue weighted by atomic mass is 28.5. The summed E-state index contributed by atoms with van der Waals surface area (Å²) in [6.45, 7) is 33.5. The lowest BCUT2D eigenvalue weighted by atomic mass is 11.2. The summed E-state index contributed by atoms with van der Waals surface area (Å²) in [5.74, 6) is 0. The molecule has 0 radical (unpaired) electrons. The van der Waals surface area contributed by atoms with Gasteiger partial charge >= 0.3 is 25.7 Å². The maximum atomic E-state index is 5.97. The number of hydrogen-bond acceptors (Lipinski definition) is 4. The fourth-order valence-electron chi connectivity index (χ4n) is 2.35. The summed E-state index contributed by atoms with van der Waals surface area (Å²) in [6.07, 6.45) is 0. The minimum atomic E-state index is -2.30. The molecule has 0 amide bonds. The standard InChI is InChI=1S/C9H18O3Si3.C8H18OSi2/c1-7-13(4)10-14(5,8-2)12-15(6,9-3)11-13;1-7-11(6,8-2)9-10(3,4)5/h7-9H,1-3H2,4-6H3;7-8H,1-2H2,3-6H3. The summed E-state index contributed by atoms with van der Waals surface area (Å²) >= 11 is 0. The maximum absolute atomic E-state index is 5.97. The van der Waals surface area contributed by atoms with Crippen LogP contribution in [0.1, 0.15) is 0 Å². The van der Waals surface area contributed by atoms with E-state index in [1.54, 1.807) is 17.1 Å². The second kappa shape index (κ2) is 9.21. The molecule has 0 bridgehead atoms. The van der Waals surface area contributed by atoms with Crippen molar-refractivity contribution in [1.29, 1.82) is 0 Å². The predicted molar refractivity (Wildman–Crippen MR) is 125 cm³/mol. The Morgan fingerprint density at radius 3 is 1.04 bits per heavy atom. The summed E-state index contributed by atoms with van der Waals surface area (Å²) in [7, 11) is -10.1. The molecule has 4 nitrogen and oxygen atoms in total. The molecule has 1 aliphatic heterocycles. The average Bonchev–Trinajstić information content (AvgIpc) is 2.53. The third-order valence-electron chi connectivity index (χ3n) is 3.67. The van der Waals surface area contributed by atoms with Gasteiger partial charge in [0.2, 0.25) is 8.32 Å². The van der Waals surface area contributed by atoms with Gasteiger partial charge in [-0.2, -0.15) is 0 Å². The molecule has 0 aromatic carbocycles. The molecular formula is C17H36O4Si5. The van der Waals surface area contributed by atoms with Crippen molar-refractivity contribution in [3.63, 3.8) is 0 Å². The van der Waals surface area contributed by atoms with Crippen molar-refractivity contribution >= 4 is 42.3 Å². The van der Waals surface area contributed by atoms with E-state index in [1.165, 1.54) is 0 Å². The largest absolute Gasteiger partial charge is 0.450 e. The third-order valence-corrected chi connectivity index (χ3v) is 21.4. The SMILES string of the molecule is C=C[Si](C)(C=C)O[Si](C)(C)C.C=C[Si]1(C)O[Si](C)(C=C)O[Si](C)(C=C)O1. The molecule has 26 heavy (non-hydrogen) atoms. The lowest BCUT2D eigenvalue weighted by Crippen LogP contribution is -2.65. The molecule has 0 aromatic rings. The van der Waals surface area contributed by atoms with Crippen molar-refractivity contribution in [2.24, 2.45) is 0 Å². The lowest BCUT2D eigenvalue weighted by molar-refractivity contribution is 0.250. The monoisotopic (exact) mass is 444 g/mol. The van der Waals surface area contributed by atoms with Crippen molar-refractivity contribution in [3.8, 4) is 0 Å². The molecule has 1 saturated heterocycles. The van der Waals surface area contributed by atoms with Gasteiger partial charge in [0.1, 0.15) is 0 Å². The Morgan fingerprint density at radius 2 is 0.923 bits per heavy atom. The first kappa shape index (κ1) is 25.6. The van der Waals surface area contributed by atoms with Crippen LogP contribution in [0.5, 0.6) is 0 Å². The van der Waals surface area contributed by atoms with Gasteiger partial charge in [-0.3, -0.25) is 0 Å². The minimum absolute atomic E-state index is 1.42. The summed E-state index contributed by atoms with van der Waals surface area (Å²) < 4.78 is 23.8. The van der Waals surface area contributed by atoms with E-state index >= 15 is 0 Å². The highest BCUT2D eigenvalue weighted by Crippen LogP contribution is 2.31. The van der Waals surface area contributed by atoms with Crippen LogP contribution in [0.4, 0.5) is 0 Å². The van der Waals surface area contributed by atoms with Crippen LogP contribution < -0.4 is 0 Å². The zero-order chi connectivity index (χ0) is 20.9. The fraction of sp³-hybridized carbons (Fsp3) is 0.412. The van der Waals surface area contributed by atoms with Crippen LogP contribution in [-0.4, -0.2) is 42.3 Å². The molecule has 0 aromatic heterocycles. The molecule has 0 unspecified atom stereocenters. The fourth-order valence-corrected chi connectivity index (χ4v) is 21.7. The second-order valence-electron chi connectivity index (χ2n) is 7.77. The smallest absolute Gasteiger partial charge is 0.344 e. The summed E-state index contributed by atoms with van der Waals surface area (Å²) in [6, 6.07) is 0. The first-order chi connectivity index (χ1) is 11.6. The van der Waals surface area contributed by atoms with Crippen molar-refractivity contribution in [2.75, 3.05) is 0 Å². The molecule has 148 valence electrons. The Morgan fingerprint density at radius 1 is 0.654 bits per heavy atom. The van der Waals surface area contributed by atoms with Gasteiger partial charge in [0.25, 0.3) is 0 Å². The average molecular weight is 445 g/mol. The highest BCUT2D eigenvalue weighted by molar-refractivity contribution is 6.98. The Labute approximate surface area is 165 Å². The molecule has 1 rings (SSSR count). The van der Waals surface area contributed by atoms with Crippen LogP contribution in [0, 0.1) is 0 Å². The first-order valence-corrected chi connectivity index (χ1v) is 21.8. The molecule has 0 saturated carbocycles. The Kier molecular flexibility index (Phi) is 9.08. The topological polar surface area (TPSA) is 36.9 Å². The summed E-state index contributed by atoms with van der Waals surface area (Å²) in [4.78, 5) is 0.